The summed E-state index contributed by atoms with van der Waals surface area (Å²) >= 11 is 0. The first-order valence-corrected chi connectivity index (χ1v) is 8.13. The van der Waals surface area contributed by atoms with Crippen molar-refractivity contribution in [3.63, 3.8) is 0 Å². The third-order valence-corrected chi connectivity index (χ3v) is 4.97. The molecule has 0 aromatic heterocycles. The van der Waals surface area contributed by atoms with Gasteiger partial charge in [0.15, 0.2) is 0 Å². The van der Waals surface area contributed by atoms with Crippen LogP contribution >= 0.6 is 0 Å². The molecule has 2 heterocycles. The molecule has 2 fully saturated rings. The summed E-state index contributed by atoms with van der Waals surface area (Å²) in [5.74, 6) is 0.836. The molecule has 0 spiro atoms. The number of piperidine rings is 1. The Morgan fingerprint density at radius 2 is 1.94 bits per heavy atom. The van der Waals surface area contributed by atoms with E-state index in [0.717, 1.165) is 25.0 Å². The monoisotopic (exact) mass is 244 g/mol. The Bertz CT molecular complexity index is 258. The Labute approximate surface area is 101 Å². The maximum absolute atomic E-state index is 11.1. The van der Waals surface area contributed by atoms with Crippen LogP contribution in [0.25, 0.3) is 0 Å². The van der Waals surface area contributed by atoms with Crippen molar-refractivity contribution in [1.82, 2.24) is 4.90 Å². The van der Waals surface area contributed by atoms with E-state index in [2.05, 4.69) is 11.8 Å². The van der Waals surface area contributed by atoms with Gasteiger partial charge in [-0.1, -0.05) is 0 Å². The zero-order chi connectivity index (χ0) is 11.7. The fourth-order valence-corrected chi connectivity index (χ4v) is 4.13. The molecule has 4 heteroatoms. The second-order valence-corrected chi connectivity index (χ2v) is 7.03. The minimum atomic E-state index is -0.651. The second-order valence-electron chi connectivity index (χ2n) is 5.48. The normalized spacial score (nSPS) is 38.6. The number of nitrogens with two attached hydrogens (primary N) is 1. The van der Waals surface area contributed by atoms with Crippen LogP contribution in [0.4, 0.5) is 0 Å². The van der Waals surface area contributed by atoms with E-state index < -0.39 is 10.8 Å². The number of hydrogen-bond acceptors (Lipinski definition) is 3. The van der Waals surface area contributed by atoms with Crippen LogP contribution in [0.3, 0.4) is 0 Å². The summed E-state index contributed by atoms with van der Waals surface area (Å²) in [5.41, 5.74) is 6.06. The summed E-state index contributed by atoms with van der Waals surface area (Å²) in [6.45, 7) is 2.29. The molecule has 2 bridgehead atoms. The first kappa shape index (κ1) is 12.5. The first-order chi connectivity index (χ1) is 7.58. The van der Waals surface area contributed by atoms with Crippen LogP contribution in [0, 0.1) is 0 Å². The Hall–Kier alpha value is 0.0700. The van der Waals surface area contributed by atoms with Gasteiger partial charge in [0.05, 0.1) is 0 Å². The van der Waals surface area contributed by atoms with Crippen LogP contribution in [0.5, 0.6) is 0 Å². The molecular formula is C12H24N2OS. The summed E-state index contributed by atoms with van der Waals surface area (Å²) < 4.78 is 11.1. The van der Waals surface area contributed by atoms with E-state index in [-0.39, 0.29) is 0 Å². The molecule has 4 atom stereocenters. The Kier molecular flexibility index (Phi) is 4.03. The second kappa shape index (κ2) is 5.15. The molecule has 2 aliphatic heterocycles. The van der Waals surface area contributed by atoms with Gasteiger partial charge in [-0.3, -0.25) is 9.11 Å². The molecular weight excluding hydrogens is 220 g/mol. The summed E-state index contributed by atoms with van der Waals surface area (Å²) in [4.78, 5) is 2.66. The van der Waals surface area contributed by atoms with Crippen LogP contribution in [-0.4, -0.2) is 45.3 Å². The SMILES string of the molecule is CC(CCS(C)=O)N1C2CCC1CC(N)C2. The van der Waals surface area contributed by atoms with Gasteiger partial charge in [-0.25, -0.2) is 0 Å². The molecule has 0 amide bonds. The van der Waals surface area contributed by atoms with E-state index in [9.17, 15) is 4.21 Å². The lowest BCUT2D eigenvalue weighted by atomic mass is 9.96. The summed E-state index contributed by atoms with van der Waals surface area (Å²) in [5, 5.41) is 0. The summed E-state index contributed by atoms with van der Waals surface area (Å²) in [6, 6.07) is 2.40. The number of rotatable bonds is 4. The topological polar surface area (TPSA) is 46.3 Å². The van der Waals surface area contributed by atoms with Gasteiger partial charge in [-0.2, -0.15) is 0 Å². The fraction of sp³-hybridized carbons (Fsp3) is 1.00. The smallest absolute Gasteiger partial charge is 0.0246 e. The van der Waals surface area contributed by atoms with Gasteiger partial charge in [0.1, 0.15) is 0 Å². The van der Waals surface area contributed by atoms with Crippen LogP contribution in [0.2, 0.25) is 0 Å². The third kappa shape index (κ3) is 2.66. The molecule has 2 aliphatic rings. The lowest BCUT2D eigenvalue weighted by Crippen LogP contribution is -2.51. The fourth-order valence-electron chi connectivity index (χ4n) is 3.46. The van der Waals surface area contributed by atoms with Crippen molar-refractivity contribution >= 4 is 10.8 Å². The predicted molar refractivity (Wildman–Crippen MR) is 68.9 cm³/mol. The van der Waals surface area contributed by atoms with Gasteiger partial charge in [-0.05, 0) is 39.0 Å². The molecule has 2 rings (SSSR count). The largest absolute Gasteiger partial charge is 0.328 e. The first-order valence-electron chi connectivity index (χ1n) is 6.41. The molecule has 2 saturated heterocycles. The summed E-state index contributed by atoms with van der Waals surface area (Å²) in [6.07, 6.45) is 7.82. The molecule has 0 aromatic rings. The van der Waals surface area contributed by atoms with Gasteiger partial charge in [0, 0.05) is 47.0 Å². The molecule has 0 aromatic carbocycles. The highest BCUT2D eigenvalue weighted by atomic mass is 32.2. The van der Waals surface area contributed by atoms with E-state index in [1.54, 1.807) is 6.26 Å². The summed E-state index contributed by atoms with van der Waals surface area (Å²) in [7, 11) is -0.651. The van der Waals surface area contributed by atoms with Crippen molar-refractivity contribution in [2.24, 2.45) is 5.73 Å². The molecule has 4 unspecified atom stereocenters. The number of nitrogens with zero attached hydrogens (tertiary/aromatic N) is 1. The minimum absolute atomic E-state index is 0.418. The van der Waals surface area contributed by atoms with E-state index in [4.69, 9.17) is 5.73 Å². The van der Waals surface area contributed by atoms with E-state index in [1.165, 1.54) is 12.8 Å². The lowest BCUT2D eigenvalue weighted by molar-refractivity contribution is 0.0841. The average Bonchev–Trinajstić information content (AvgIpc) is 2.48. The quantitative estimate of drug-likeness (QED) is 0.805. The van der Waals surface area contributed by atoms with Gasteiger partial charge < -0.3 is 5.73 Å². The van der Waals surface area contributed by atoms with Crippen molar-refractivity contribution in [2.45, 2.75) is 63.2 Å². The standard InChI is InChI=1S/C12H24N2OS/c1-9(5-6-16(2)15)14-11-3-4-12(14)8-10(13)7-11/h9-12H,3-8,13H2,1-2H3. The predicted octanol–water partition coefficient (Wildman–Crippen LogP) is 1.10. The number of fused-ring (bicyclic) bond motifs is 2. The van der Waals surface area contributed by atoms with Crippen LogP contribution in [0.1, 0.15) is 39.0 Å². The van der Waals surface area contributed by atoms with Gasteiger partial charge >= 0.3 is 0 Å². The van der Waals surface area contributed by atoms with Crippen LogP contribution in [0.15, 0.2) is 0 Å². The molecule has 0 aliphatic carbocycles. The van der Waals surface area contributed by atoms with Crippen molar-refractivity contribution in [3.8, 4) is 0 Å². The van der Waals surface area contributed by atoms with Crippen molar-refractivity contribution < 1.29 is 4.21 Å². The molecule has 0 radical (unpaired) electrons. The Balaban J connectivity index is 1.92. The molecule has 16 heavy (non-hydrogen) atoms. The highest BCUT2D eigenvalue weighted by molar-refractivity contribution is 7.84. The van der Waals surface area contributed by atoms with Crippen LogP contribution in [-0.2, 0) is 10.8 Å². The van der Waals surface area contributed by atoms with Crippen LogP contribution < -0.4 is 5.73 Å². The zero-order valence-corrected chi connectivity index (χ0v) is 11.2. The molecule has 3 nitrogen and oxygen atoms in total. The highest BCUT2D eigenvalue weighted by Gasteiger charge is 2.41. The maximum Gasteiger partial charge on any atom is 0.0246 e. The lowest BCUT2D eigenvalue weighted by Gasteiger charge is -2.41. The van der Waals surface area contributed by atoms with E-state index in [0.29, 0.717) is 24.2 Å². The van der Waals surface area contributed by atoms with Gasteiger partial charge in [0.2, 0.25) is 0 Å². The molecule has 2 N–H and O–H groups in total. The maximum atomic E-state index is 11.1. The molecule has 94 valence electrons. The third-order valence-electron chi connectivity index (χ3n) is 4.16. The van der Waals surface area contributed by atoms with E-state index >= 15 is 0 Å². The minimum Gasteiger partial charge on any atom is -0.328 e. The van der Waals surface area contributed by atoms with Gasteiger partial charge in [-0.15, -0.1) is 0 Å². The van der Waals surface area contributed by atoms with Gasteiger partial charge in [0.25, 0.3) is 0 Å². The Morgan fingerprint density at radius 1 is 1.38 bits per heavy atom. The van der Waals surface area contributed by atoms with Crippen molar-refractivity contribution in [2.75, 3.05) is 12.0 Å². The van der Waals surface area contributed by atoms with Crippen molar-refractivity contribution in [3.05, 3.63) is 0 Å². The highest BCUT2D eigenvalue weighted by Crippen LogP contribution is 2.37. The Morgan fingerprint density at radius 3 is 2.44 bits per heavy atom. The van der Waals surface area contributed by atoms with E-state index in [1.807, 2.05) is 0 Å². The zero-order valence-electron chi connectivity index (χ0n) is 10.4. The average molecular weight is 244 g/mol. The molecule has 0 saturated carbocycles. The van der Waals surface area contributed by atoms with Crippen molar-refractivity contribution in [1.29, 1.82) is 0 Å². The number of hydrogen-bond donors (Lipinski definition) is 1.